The van der Waals surface area contributed by atoms with E-state index in [1.165, 1.54) is 43.6 Å². The Morgan fingerprint density at radius 3 is 2.77 bits per heavy atom. The maximum atomic E-state index is 15.9. The smallest absolute Gasteiger partial charge is 0.251 e. The van der Waals surface area contributed by atoms with Crippen molar-refractivity contribution in [1.82, 2.24) is 14.2 Å². The number of hydrogen-bond donors (Lipinski definition) is 1. The number of ether oxygens (including phenoxy) is 1. The topological polar surface area (TPSA) is 77.0 Å². The Bertz CT molecular complexity index is 1620. The summed E-state index contributed by atoms with van der Waals surface area (Å²) >= 11 is 0. The lowest BCUT2D eigenvalue weighted by Gasteiger charge is -2.30. The zero-order valence-electron chi connectivity index (χ0n) is 18.7. The summed E-state index contributed by atoms with van der Waals surface area (Å²) in [5, 5.41) is 7.18. The molecule has 35 heavy (non-hydrogen) atoms. The highest BCUT2D eigenvalue weighted by atomic mass is 32.2. The van der Waals surface area contributed by atoms with Gasteiger partial charge in [-0.05, 0) is 61.4 Å². The van der Waals surface area contributed by atoms with Gasteiger partial charge >= 0.3 is 0 Å². The Kier molecular flexibility index (Phi) is 5.44. The molecule has 5 rings (SSSR count). The third-order valence-electron chi connectivity index (χ3n) is 6.19. The van der Waals surface area contributed by atoms with E-state index in [1.807, 2.05) is 6.07 Å². The lowest BCUT2D eigenvalue weighted by molar-refractivity contribution is 0.376. The van der Waals surface area contributed by atoms with E-state index in [0.717, 1.165) is 9.54 Å². The summed E-state index contributed by atoms with van der Waals surface area (Å²) in [5.41, 5.74) is 1.81. The number of allylic oxidation sites excluding steroid dienone is 2. The third kappa shape index (κ3) is 3.59. The normalized spacial score (nSPS) is 18.3. The Labute approximate surface area is 200 Å². The van der Waals surface area contributed by atoms with Gasteiger partial charge in [-0.2, -0.15) is 5.10 Å². The van der Waals surface area contributed by atoms with E-state index < -0.39 is 26.4 Å². The third-order valence-corrected chi connectivity index (χ3v) is 8.51. The quantitative estimate of drug-likeness (QED) is 0.359. The van der Waals surface area contributed by atoms with Crippen molar-refractivity contribution in [2.75, 3.05) is 0 Å². The summed E-state index contributed by atoms with van der Waals surface area (Å²) in [6.07, 6.45) is 7.38. The Balaban J connectivity index is 1.55. The van der Waals surface area contributed by atoms with Crippen molar-refractivity contribution in [1.29, 1.82) is 0 Å². The molecule has 4 aromatic rings. The van der Waals surface area contributed by atoms with Gasteiger partial charge in [-0.25, -0.2) is 21.2 Å². The first-order chi connectivity index (χ1) is 16.8. The van der Waals surface area contributed by atoms with Gasteiger partial charge in [-0.3, -0.25) is 5.10 Å². The van der Waals surface area contributed by atoms with Crippen LogP contribution in [0.3, 0.4) is 0 Å². The van der Waals surface area contributed by atoms with Gasteiger partial charge in [-0.15, -0.1) is 0 Å². The lowest BCUT2D eigenvalue weighted by Crippen LogP contribution is -2.41. The van der Waals surface area contributed by atoms with Gasteiger partial charge in [-0.1, -0.05) is 30.9 Å². The molecule has 1 aliphatic rings. The van der Waals surface area contributed by atoms with Gasteiger partial charge in [0.2, 0.25) is 0 Å². The summed E-state index contributed by atoms with van der Waals surface area (Å²) in [6.45, 7) is 5.09. The Morgan fingerprint density at radius 1 is 1.20 bits per heavy atom. The highest BCUT2D eigenvalue weighted by Gasteiger charge is 2.47. The second kappa shape index (κ2) is 8.35. The van der Waals surface area contributed by atoms with Crippen LogP contribution in [-0.4, -0.2) is 27.3 Å². The van der Waals surface area contributed by atoms with Crippen LogP contribution in [0.4, 0.5) is 8.78 Å². The molecule has 0 amide bonds. The van der Waals surface area contributed by atoms with Gasteiger partial charge in [0.25, 0.3) is 10.0 Å². The molecule has 9 heteroatoms. The summed E-state index contributed by atoms with van der Waals surface area (Å²) in [4.78, 5) is 0. The molecule has 1 atom stereocenters. The van der Waals surface area contributed by atoms with Crippen LogP contribution >= 0.6 is 0 Å². The van der Waals surface area contributed by atoms with Gasteiger partial charge < -0.3 is 4.74 Å². The zero-order valence-corrected chi connectivity index (χ0v) is 19.5. The average molecular weight is 494 g/mol. The molecule has 1 unspecified atom stereocenters. The molecule has 0 bridgehead atoms. The molecule has 6 nitrogen and oxygen atoms in total. The second-order valence-corrected chi connectivity index (χ2v) is 10.6. The number of fused-ring (bicyclic) bond motifs is 1. The first-order valence-corrected chi connectivity index (χ1v) is 12.2. The summed E-state index contributed by atoms with van der Waals surface area (Å²) in [6, 6.07) is 12.4. The molecule has 178 valence electrons. The van der Waals surface area contributed by atoms with Crippen molar-refractivity contribution in [3.8, 4) is 17.0 Å². The Morgan fingerprint density at radius 2 is 2.03 bits per heavy atom. The van der Waals surface area contributed by atoms with Crippen LogP contribution in [0.2, 0.25) is 0 Å². The SMILES string of the molecule is C=Cc1cccc2c1ccn2S(=O)(=O)C1(C)CC=CC(Oc2ccc(F)c(-c3ccn[nH]3)c2)=C1F. The van der Waals surface area contributed by atoms with Crippen LogP contribution in [0, 0.1) is 5.82 Å². The number of aromatic nitrogens is 3. The monoisotopic (exact) mass is 493 g/mol. The Hall–Kier alpha value is -3.98. The number of nitrogens with one attached hydrogen (secondary N) is 1. The highest BCUT2D eigenvalue weighted by molar-refractivity contribution is 7.91. The van der Waals surface area contributed by atoms with E-state index in [9.17, 15) is 12.8 Å². The zero-order chi connectivity index (χ0) is 24.8. The van der Waals surface area contributed by atoms with Gasteiger partial charge in [0.1, 0.15) is 16.3 Å². The van der Waals surface area contributed by atoms with Gasteiger partial charge in [0.15, 0.2) is 11.6 Å². The first kappa shape index (κ1) is 22.8. The number of benzene rings is 2. The van der Waals surface area contributed by atoms with Crippen molar-refractivity contribution in [2.45, 2.75) is 18.1 Å². The maximum Gasteiger partial charge on any atom is 0.251 e. The molecular weight excluding hydrogens is 472 g/mol. The minimum Gasteiger partial charge on any atom is -0.455 e. The molecule has 0 radical (unpaired) electrons. The van der Waals surface area contributed by atoms with Crippen molar-refractivity contribution < 1.29 is 21.9 Å². The predicted molar refractivity (Wildman–Crippen MR) is 131 cm³/mol. The van der Waals surface area contributed by atoms with Gasteiger partial charge in [0, 0.05) is 23.3 Å². The van der Waals surface area contributed by atoms with Crippen LogP contribution in [0.15, 0.2) is 91.2 Å². The number of rotatable bonds is 6. The molecule has 1 aliphatic carbocycles. The van der Waals surface area contributed by atoms with Crippen molar-refractivity contribution >= 4 is 27.0 Å². The van der Waals surface area contributed by atoms with Crippen LogP contribution < -0.4 is 4.74 Å². The minimum absolute atomic E-state index is 0.0857. The van der Waals surface area contributed by atoms with Gasteiger partial charge in [0.05, 0.1) is 11.2 Å². The fraction of sp³-hybridized carbons (Fsp3) is 0.115. The van der Waals surface area contributed by atoms with Crippen molar-refractivity contribution in [2.24, 2.45) is 0 Å². The summed E-state index contributed by atoms with van der Waals surface area (Å²) < 4.78 is 62.6. The minimum atomic E-state index is -4.25. The number of nitrogens with zero attached hydrogens (tertiary/aromatic N) is 2. The average Bonchev–Trinajstić information content (AvgIpc) is 3.53. The maximum absolute atomic E-state index is 15.9. The molecule has 0 aliphatic heterocycles. The van der Waals surface area contributed by atoms with Crippen molar-refractivity contribution in [3.63, 3.8) is 0 Å². The predicted octanol–water partition coefficient (Wildman–Crippen LogP) is 5.97. The molecule has 1 N–H and O–H groups in total. The number of halogens is 2. The lowest BCUT2D eigenvalue weighted by atomic mass is 9.99. The molecule has 0 saturated carbocycles. The van der Waals surface area contributed by atoms with E-state index >= 15 is 4.39 Å². The largest absolute Gasteiger partial charge is 0.455 e. The van der Waals surface area contributed by atoms with Crippen LogP contribution in [-0.2, 0) is 10.0 Å². The second-order valence-electron chi connectivity index (χ2n) is 8.33. The van der Waals surface area contributed by atoms with Crippen molar-refractivity contribution in [3.05, 3.63) is 103 Å². The molecule has 0 fully saturated rings. The number of hydrogen-bond acceptors (Lipinski definition) is 4. The highest BCUT2D eigenvalue weighted by Crippen LogP contribution is 2.40. The summed E-state index contributed by atoms with van der Waals surface area (Å²) in [5.74, 6) is -1.56. The van der Waals surface area contributed by atoms with E-state index in [-0.39, 0.29) is 23.5 Å². The van der Waals surface area contributed by atoms with Crippen LogP contribution in [0.25, 0.3) is 28.2 Å². The fourth-order valence-corrected chi connectivity index (χ4v) is 5.90. The summed E-state index contributed by atoms with van der Waals surface area (Å²) in [7, 11) is -4.25. The first-order valence-electron chi connectivity index (χ1n) is 10.8. The van der Waals surface area contributed by atoms with E-state index in [2.05, 4.69) is 16.8 Å². The van der Waals surface area contributed by atoms with Crippen LogP contribution in [0.5, 0.6) is 5.75 Å². The number of H-pyrrole nitrogens is 1. The molecule has 0 spiro atoms. The molecule has 2 heterocycles. The molecule has 2 aromatic carbocycles. The fourth-order valence-electron chi connectivity index (χ4n) is 4.19. The molecule has 0 saturated heterocycles. The molecular formula is C26H21F2N3O3S. The van der Waals surface area contributed by atoms with E-state index in [0.29, 0.717) is 16.6 Å². The standard InChI is InChI=1S/C26H21F2N3O3S/c1-3-17-6-4-7-23-19(17)12-15-31(23)35(32,33)26(2)13-5-8-24(25(26)28)34-18-9-10-21(27)20(16-18)22-11-14-29-30-22/h3-12,14-16H,1,13H2,2H3,(H,29,30). The molecule has 2 aromatic heterocycles. The number of aromatic amines is 1. The van der Waals surface area contributed by atoms with E-state index in [4.69, 9.17) is 4.74 Å². The van der Waals surface area contributed by atoms with Crippen LogP contribution in [0.1, 0.15) is 18.9 Å². The van der Waals surface area contributed by atoms with E-state index in [1.54, 1.807) is 36.4 Å².